The minimum absolute atomic E-state index is 0.0420. The maximum atomic E-state index is 11.3. The van der Waals surface area contributed by atoms with Crippen molar-refractivity contribution in [2.24, 2.45) is 5.92 Å². The number of hydrogen-bond acceptors (Lipinski definition) is 2. The Bertz CT molecular complexity index is 200. The van der Waals surface area contributed by atoms with E-state index in [0.717, 1.165) is 0 Å². The predicted octanol–water partition coefficient (Wildman–Crippen LogP) is 0.845. The van der Waals surface area contributed by atoms with Gasteiger partial charge in [-0.25, -0.2) is 0 Å². The highest BCUT2D eigenvalue weighted by Gasteiger charge is 2.45. The van der Waals surface area contributed by atoms with Gasteiger partial charge in [0.15, 0.2) is 0 Å². The molecule has 1 saturated heterocycles. The Labute approximate surface area is 83.7 Å². The van der Waals surface area contributed by atoms with Crippen LogP contribution in [-0.2, 0) is 4.79 Å². The van der Waals surface area contributed by atoms with Crippen molar-refractivity contribution >= 4 is 17.5 Å². The van der Waals surface area contributed by atoms with Crippen molar-refractivity contribution in [2.75, 3.05) is 19.0 Å². The van der Waals surface area contributed by atoms with Crippen LogP contribution in [0.4, 0.5) is 0 Å². The van der Waals surface area contributed by atoms with Crippen LogP contribution >= 0.6 is 11.6 Å². The second-order valence-electron chi connectivity index (χ2n) is 3.95. The summed E-state index contributed by atoms with van der Waals surface area (Å²) in [4.78, 5) is 12.9. The number of amides is 1. The first-order chi connectivity index (χ1) is 5.99. The van der Waals surface area contributed by atoms with E-state index in [1.807, 2.05) is 13.8 Å². The number of nitrogens with zero attached hydrogens (tertiary/aromatic N) is 1. The first kappa shape index (κ1) is 10.8. The highest BCUT2D eigenvalue weighted by Crippen LogP contribution is 2.28. The summed E-state index contributed by atoms with van der Waals surface area (Å²) in [5, 5.41) is 9.85. The Morgan fingerprint density at radius 1 is 1.62 bits per heavy atom. The third-order valence-electron chi connectivity index (χ3n) is 2.67. The molecule has 1 amide bonds. The Hall–Kier alpha value is -0.280. The van der Waals surface area contributed by atoms with Crippen LogP contribution in [0, 0.1) is 5.92 Å². The molecule has 76 valence electrons. The van der Waals surface area contributed by atoms with E-state index >= 15 is 0 Å². The molecule has 1 aliphatic heterocycles. The fourth-order valence-corrected chi connectivity index (χ4v) is 1.56. The molecule has 1 aliphatic rings. The third kappa shape index (κ3) is 2.15. The van der Waals surface area contributed by atoms with Gasteiger partial charge in [-0.15, -0.1) is 11.6 Å². The molecule has 4 heteroatoms. The summed E-state index contributed by atoms with van der Waals surface area (Å²) in [5.74, 6) is 0.600. The van der Waals surface area contributed by atoms with Crippen LogP contribution in [0.1, 0.15) is 20.3 Å². The molecular weight excluding hydrogens is 190 g/mol. The van der Waals surface area contributed by atoms with Crippen LogP contribution < -0.4 is 0 Å². The van der Waals surface area contributed by atoms with Gasteiger partial charge >= 0.3 is 0 Å². The van der Waals surface area contributed by atoms with E-state index in [1.165, 1.54) is 0 Å². The molecule has 0 radical (unpaired) electrons. The largest absolute Gasteiger partial charge is 0.386 e. The summed E-state index contributed by atoms with van der Waals surface area (Å²) >= 11 is 5.45. The average molecular weight is 206 g/mol. The molecule has 0 aliphatic carbocycles. The monoisotopic (exact) mass is 205 g/mol. The van der Waals surface area contributed by atoms with E-state index in [4.69, 9.17) is 11.6 Å². The number of alkyl halides is 1. The van der Waals surface area contributed by atoms with Crippen molar-refractivity contribution in [3.8, 4) is 0 Å². The average Bonchev–Trinajstić information content (AvgIpc) is 1.98. The van der Waals surface area contributed by atoms with Crippen LogP contribution in [0.25, 0.3) is 0 Å². The highest BCUT2D eigenvalue weighted by atomic mass is 35.5. The Balaban J connectivity index is 2.36. The van der Waals surface area contributed by atoms with Crippen molar-refractivity contribution in [1.82, 2.24) is 4.90 Å². The number of likely N-dealkylation sites (tertiary alicyclic amines) is 1. The Morgan fingerprint density at radius 2 is 2.15 bits per heavy atom. The molecule has 0 aromatic heterocycles. The minimum Gasteiger partial charge on any atom is -0.386 e. The van der Waals surface area contributed by atoms with Gasteiger partial charge < -0.3 is 10.0 Å². The van der Waals surface area contributed by atoms with E-state index in [0.29, 0.717) is 25.4 Å². The summed E-state index contributed by atoms with van der Waals surface area (Å²) in [6.45, 7) is 4.84. The normalized spacial score (nSPS) is 20.2. The zero-order valence-corrected chi connectivity index (χ0v) is 8.84. The number of halogens is 1. The molecule has 0 atom stereocenters. The number of aliphatic hydroxyl groups is 1. The molecule has 0 unspecified atom stereocenters. The molecular formula is C9H16ClNO2. The standard InChI is InChI=1S/C9H16ClNO2/c1-7(2)9(13)5-11(6-9)8(12)3-4-10/h7,13H,3-6H2,1-2H3. The van der Waals surface area contributed by atoms with E-state index in [2.05, 4.69) is 0 Å². The zero-order chi connectivity index (χ0) is 10.1. The molecule has 13 heavy (non-hydrogen) atoms. The first-order valence-electron chi connectivity index (χ1n) is 4.56. The maximum absolute atomic E-state index is 11.3. The van der Waals surface area contributed by atoms with Gasteiger partial charge in [0.05, 0.1) is 13.1 Å². The van der Waals surface area contributed by atoms with E-state index < -0.39 is 5.60 Å². The third-order valence-corrected chi connectivity index (χ3v) is 2.85. The number of rotatable bonds is 3. The molecule has 0 spiro atoms. The van der Waals surface area contributed by atoms with Gasteiger partial charge in [0, 0.05) is 12.3 Å². The van der Waals surface area contributed by atoms with Crippen molar-refractivity contribution in [3.05, 3.63) is 0 Å². The number of hydrogen-bond donors (Lipinski definition) is 1. The molecule has 0 aromatic rings. The van der Waals surface area contributed by atoms with Gasteiger partial charge in [-0.3, -0.25) is 4.79 Å². The van der Waals surface area contributed by atoms with Gasteiger partial charge in [0.25, 0.3) is 0 Å². The van der Waals surface area contributed by atoms with Crippen LogP contribution in [-0.4, -0.2) is 40.5 Å². The summed E-state index contributed by atoms with van der Waals surface area (Å²) in [7, 11) is 0. The minimum atomic E-state index is -0.665. The second-order valence-corrected chi connectivity index (χ2v) is 4.33. The molecule has 0 aromatic carbocycles. The van der Waals surface area contributed by atoms with Crippen molar-refractivity contribution in [1.29, 1.82) is 0 Å². The van der Waals surface area contributed by atoms with Gasteiger partial charge in [-0.05, 0) is 5.92 Å². The summed E-state index contributed by atoms with van der Waals surface area (Å²) in [6.07, 6.45) is 0.371. The van der Waals surface area contributed by atoms with Crippen molar-refractivity contribution < 1.29 is 9.90 Å². The van der Waals surface area contributed by atoms with Crippen LogP contribution in [0.5, 0.6) is 0 Å². The molecule has 1 fully saturated rings. The van der Waals surface area contributed by atoms with Crippen molar-refractivity contribution in [3.63, 3.8) is 0 Å². The van der Waals surface area contributed by atoms with E-state index in [-0.39, 0.29) is 11.8 Å². The maximum Gasteiger partial charge on any atom is 0.223 e. The fraction of sp³-hybridized carbons (Fsp3) is 0.889. The number of β-amino-alcohol motifs (C(OH)–C–C–N with tert-alkyl or cyclic N) is 1. The molecule has 0 saturated carbocycles. The summed E-state index contributed by atoms with van der Waals surface area (Å²) in [6, 6.07) is 0. The Kier molecular flexibility index (Phi) is 3.19. The number of carbonyl (C=O) groups excluding carboxylic acids is 1. The number of carbonyl (C=O) groups is 1. The second kappa shape index (κ2) is 3.84. The molecule has 1 rings (SSSR count). The van der Waals surface area contributed by atoms with Gasteiger partial charge in [0.2, 0.25) is 5.91 Å². The van der Waals surface area contributed by atoms with Gasteiger partial charge in [0.1, 0.15) is 5.60 Å². The molecule has 1 N–H and O–H groups in total. The van der Waals surface area contributed by atoms with Crippen LogP contribution in [0.2, 0.25) is 0 Å². The Morgan fingerprint density at radius 3 is 2.54 bits per heavy atom. The van der Waals surface area contributed by atoms with Crippen molar-refractivity contribution in [2.45, 2.75) is 25.9 Å². The highest BCUT2D eigenvalue weighted by molar-refractivity contribution is 6.18. The van der Waals surface area contributed by atoms with E-state index in [9.17, 15) is 9.90 Å². The topological polar surface area (TPSA) is 40.5 Å². The molecule has 0 bridgehead atoms. The lowest BCUT2D eigenvalue weighted by atomic mass is 9.83. The predicted molar refractivity (Wildman–Crippen MR) is 51.7 cm³/mol. The fourth-order valence-electron chi connectivity index (χ4n) is 1.40. The molecule has 1 heterocycles. The van der Waals surface area contributed by atoms with Crippen LogP contribution in [0.3, 0.4) is 0 Å². The summed E-state index contributed by atoms with van der Waals surface area (Å²) < 4.78 is 0. The zero-order valence-electron chi connectivity index (χ0n) is 8.09. The SMILES string of the molecule is CC(C)C1(O)CN(C(=O)CCCl)C1. The summed E-state index contributed by atoms with van der Waals surface area (Å²) in [5.41, 5.74) is -0.665. The smallest absolute Gasteiger partial charge is 0.223 e. The van der Waals surface area contributed by atoms with Gasteiger partial charge in [-0.2, -0.15) is 0 Å². The lowest BCUT2D eigenvalue weighted by Crippen LogP contribution is -2.66. The lowest BCUT2D eigenvalue weighted by Gasteiger charge is -2.49. The lowest BCUT2D eigenvalue weighted by molar-refractivity contribution is -0.163. The van der Waals surface area contributed by atoms with Gasteiger partial charge in [-0.1, -0.05) is 13.8 Å². The molecule has 3 nitrogen and oxygen atoms in total. The van der Waals surface area contributed by atoms with E-state index in [1.54, 1.807) is 4.90 Å². The quantitative estimate of drug-likeness (QED) is 0.694. The first-order valence-corrected chi connectivity index (χ1v) is 5.09. The van der Waals surface area contributed by atoms with Crippen LogP contribution in [0.15, 0.2) is 0 Å².